The van der Waals surface area contributed by atoms with Crippen LogP contribution in [0.5, 0.6) is 5.75 Å². The van der Waals surface area contributed by atoms with Crippen molar-refractivity contribution < 1.29 is 4.74 Å². The Hall–Kier alpha value is -1.82. The van der Waals surface area contributed by atoms with E-state index in [2.05, 4.69) is 10.4 Å². The van der Waals surface area contributed by atoms with E-state index in [1.54, 1.807) is 6.07 Å². The molecule has 2 aromatic rings. The number of hydrazine groups is 1. The molecule has 0 spiro atoms. The van der Waals surface area contributed by atoms with Crippen molar-refractivity contribution in [3.05, 3.63) is 52.7 Å². The summed E-state index contributed by atoms with van der Waals surface area (Å²) in [6, 6.07) is 9.49. The first kappa shape index (κ1) is 13.2. The molecule has 6 heteroatoms. The van der Waals surface area contributed by atoms with Gasteiger partial charge in [-0.2, -0.15) is 0 Å². The zero-order chi connectivity index (χ0) is 14.1. The number of nitrogen functional groups attached to an aromatic ring is 1. The van der Waals surface area contributed by atoms with E-state index in [0.29, 0.717) is 17.4 Å². The molecular formula is C14H15ClN4O. The first-order chi connectivity index (χ1) is 9.70. The number of nitrogens with zero attached hydrogens (tertiary/aromatic N) is 1. The zero-order valence-electron chi connectivity index (χ0n) is 10.7. The SMILES string of the molecule is NNC(c1cc(Cl)cnc1N)C1COc2ccccc21. The van der Waals surface area contributed by atoms with Gasteiger partial charge in [-0.05, 0) is 12.1 Å². The van der Waals surface area contributed by atoms with Gasteiger partial charge in [-0.15, -0.1) is 0 Å². The molecule has 0 saturated carbocycles. The summed E-state index contributed by atoms with van der Waals surface area (Å²) in [5.74, 6) is 7.10. The number of nitrogens with one attached hydrogen (secondary N) is 1. The zero-order valence-corrected chi connectivity index (χ0v) is 11.5. The van der Waals surface area contributed by atoms with E-state index in [4.69, 9.17) is 27.9 Å². The molecule has 104 valence electrons. The van der Waals surface area contributed by atoms with Gasteiger partial charge in [0.05, 0.1) is 17.7 Å². The highest BCUT2D eigenvalue weighted by atomic mass is 35.5. The molecule has 3 rings (SSSR count). The average Bonchev–Trinajstić information content (AvgIpc) is 2.88. The largest absolute Gasteiger partial charge is 0.493 e. The van der Waals surface area contributed by atoms with Crippen molar-refractivity contribution in [3.8, 4) is 5.75 Å². The Bertz CT molecular complexity index is 634. The summed E-state index contributed by atoms with van der Waals surface area (Å²) in [4.78, 5) is 4.08. The number of rotatable bonds is 3. The molecule has 0 aliphatic carbocycles. The van der Waals surface area contributed by atoms with Crippen molar-refractivity contribution in [1.82, 2.24) is 10.4 Å². The molecule has 5 N–H and O–H groups in total. The van der Waals surface area contributed by atoms with Crippen molar-refractivity contribution in [3.63, 3.8) is 0 Å². The summed E-state index contributed by atoms with van der Waals surface area (Å²) in [5, 5.41) is 0.529. The third-order valence-corrected chi connectivity index (χ3v) is 3.78. The van der Waals surface area contributed by atoms with Gasteiger partial charge in [0.1, 0.15) is 11.6 Å². The van der Waals surface area contributed by atoms with Gasteiger partial charge in [0.2, 0.25) is 0 Å². The van der Waals surface area contributed by atoms with Crippen molar-refractivity contribution >= 4 is 17.4 Å². The first-order valence-electron chi connectivity index (χ1n) is 6.29. The fraction of sp³-hybridized carbons (Fsp3) is 0.214. The second-order valence-electron chi connectivity index (χ2n) is 4.73. The normalized spacial score (nSPS) is 18.4. The van der Waals surface area contributed by atoms with Crippen LogP contribution in [0.2, 0.25) is 5.02 Å². The molecule has 1 aromatic carbocycles. The van der Waals surface area contributed by atoms with E-state index in [9.17, 15) is 0 Å². The van der Waals surface area contributed by atoms with Crippen molar-refractivity contribution in [1.29, 1.82) is 0 Å². The molecule has 0 saturated heterocycles. The Morgan fingerprint density at radius 3 is 3.00 bits per heavy atom. The number of hydrogen-bond donors (Lipinski definition) is 3. The number of aromatic nitrogens is 1. The summed E-state index contributed by atoms with van der Waals surface area (Å²) in [5.41, 5.74) is 10.6. The first-order valence-corrected chi connectivity index (χ1v) is 6.67. The highest BCUT2D eigenvalue weighted by Gasteiger charge is 2.33. The third kappa shape index (κ3) is 2.20. The predicted octanol–water partition coefficient (Wildman–Crippen LogP) is 2.00. The Morgan fingerprint density at radius 2 is 2.20 bits per heavy atom. The van der Waals surface area contributed by atoms with Gasteiger partial charge in [-0.25, -0.2) is 4.98 Å². The van der Waals surface area contributed by atoms with Gasteiger partial charge < -0.3 is 10.5 Å². The van der Waals surface area contributed by atoms with Gasteiger partial charge in [0.15, 0.2) is 0 Å². The van der Waals surface area contributed by atoms with Gasteiger partial charge >= 0.3 is 0 Å². The van der Waals surface area contributed by atoms with Gasteiger partial charge in [0.25, 0.3) is 0 Å². The topological polar surface area (TPSA) is 86.2 Å². The number of pyridine rings is 1. The maximum absolute atomic E-state index is 6.01. The van der Waals surface area contributed by atoms with E-state index in [1.165, 1.54) is 6.20 Å². The van der Waals surface area contributed by atoms with Crippen LogP contribution in [0.4, 0.5) is 5.82 Å². The minimum absolute atomic E-state index is 0.0683. The maximum Gasteiger partial charge on any atom is 0.128 e. The van der Waals surface area contributed by atoms with Crippen LogP contribution in [0.15, 0.2) is 36.5 Å². The molecule has 1 aliphatic heterocycles. The summed E-state index contributed by atoms with van der Waals surface area (Å²) < 4.78 is 5.70. The van der Waals surface area contributed by atoms with Crippen LogP contribution in [0.25, 0.3) is 0 Å². The Morgan fingerprint density at radius 1 is 1.40 bits per heavy atom. The summed E-state index contributed by atoms with van der Waals surface area (Å²) >= 11 is 6.01. The number of fused-ring (bicyclic) bond motifs is 1. The van der Waals surface area contributed by atoms with Crippen LogP contribution >= 0.6 is 11.6 Å². The van der Waals surface area contributed by atoms with Crippen LogP contribution < -0.4 is 21.7 Å². The highest BCUT2D eigenvalue weighted by Crippen LogP contribution is 2.42. The number of hydrogen-bond acceptors (Lipinski definition) is 5. The highest BCUT2D eigenvalue weighted by molar-refractivity contribution is 6.30. The summed E-state index contributed by atoms with van der Waals surface area (Å²) in [6.45, 7) is 0.542. The van der Waals surface area contributed by atoms with Gasteiger partial charge in [-0.3, -0.25) is 11.3 Å². The Balaban J connectivity index is 2.01. The lowest BCUT2D eigenvalue weighted by Crippen LogP contribution is -2.34. The third-order valence-electron chi connectivity index (χ3n) is 3.57. The van der Waals surface area contributed by atoms with Crippen molar-refractivity contribution in [2.75, 3.05) is 12.3 Å². The number of anilines is 1. The second kappa shape index (κ2) is 5.28. The molecule has 5 nitrogen and oxygen atoms in total. The Labute approximate surface area is 121 Å². The van der Waals surface area contributed by atoms with Crippen molar-refractivity contribution in [2.45, 2.75) is 12.0 Å². The molecule has 1 aromatic heterocycles. The lowest BCUT2D eigenvalue weighted by Gasteiger charge is -2.23. The van der Waals surface area contributed by atoms with E-state index in [0.717, 1.165) is 16.9 Å². The maximum atomic E-state index is 6.01. The lowest BCUT2D eigenvalue weighted by atomic mass is 9.89. The number of para-hydroxylation sites is 1. The van der Waals surface area contributed by atoms with Crippen LogP contribution in [0, 0.1) is 0 Å². The fourth-order valence-electron chi connectivity index (χ4n) is 2.60. The molecule has 0 bridgehead atoms. The number of nitrogens with two attached hydrogens (primary N) is 2. The van der Waals surface area contributed by atoms with Crippen LogP contribution in [0.1, 0.15) is 23.1 Å². The van der Waals surface area contributed by atoms with Gasteiger partial charge in [-0.1, -0.05) is 29.8 Å². The molecular weight excluding hydrogens is 276 g/mol. The number of benzene rings is 1. The minimum Gasteiger partial charge on any atom is -0.493 e. The molecule has 0 amide bonds. The molecule has 20 heavy (non-hydrogen) atoms. The summed E-state index contributed by atoms with van der Waals surface area (Å²) in [7, 11) is 0. The standard InChI is InChI=1S/C14H15ClN4O/c15-8-5-10(14(16)18-6-8)13(19-17)11-7-20-12-4-2-1-3-9(11)12/h1-6,11,13,19H,7,17H2,(H2,16,18). The van der Waals surface area contributed by atoms with E-state index >= 15 is 0 Å². The number of halogens is 1. The predicted molar refractivity (Wildman–Crippen MR) is 78.4 cm³/mol. The van der Waals surface area contributed by atoms with Gasteiger partial charge in [0, 0.05) is 23.2 Å². The van der Waals surface area contributed by atoms with E-state index in [1.807, 2.05) is 24.3 Å². The Kier molecular flexibility index (Phi) is 3.48. The quantitative estimate of drug-likeness (QED) is 0.594. The van der Waals surface area contributed by atoms with Crippen LogP contribution in [0.3, 0.4) is 0 Å². The second-order valence-corrected chi connectivity index (χ2v) is 5.16. The molecule has 1 aliphatic rings. The average molecular weight is 291 g/mol. The minimum atomic E-state index is -0.204. The molecule has 2 heterocycles. The molecule has 2 atom stereocenters. The van der Waals surface area contributed by atoms with Crippen LogP contribution in [-0.4, -0.2) is 11.6 Å². The molecule has 0 radical (unpaired) electrons. The monoisotopic (exact) mass is 290 g/mol. The lowest BCUT2D eigenvalue weighted by molar-refractivity contribution is 0.300. The van der Waals surface area contributed by atoms with Crippen LogP contribution in [-0.2, 0) is 0 Å². The fourth-order valence-corrected chi connectivity index (χ4v) is 2.77. The van der Waals surface area contributed by atoms with E-state index < -0.39 is 0 Å². The molecule has 0 fully saturated rings. The summed E-state index contributed by atoms with van der Waals surface area (Å²) in [6.07, 6.45) is 1.52. The van der Waals surface area contributed by atoms with E-state index in [-0.39, 0.29) is 12.0 Å². The number of ether oxygens (including phenoxy) is 1. The van der Waals surface area contributed by atoms with Crippen molar-refractivity contribution in [2.24, 2.45) is 5.84 Å². The molecule has 2 unspecified atom stereocenters. The smallest absolute Gasteiger partial charge is 0.128 e.